The number of pyridine rings is 2. The maximum Gasteiger partial charge on any atom is 0.318 e. The van der Waals surface area contributed by atoms with Crippen LogP contribution in [0.2, 0.25) is 0 Å². The molecular formula is C26H27BrN4O3. The van der Waals surface area contributed by atoms with Crippen LogP contribution in [0.1, 0.15) is 34.0 Å². The summed E-state index contributed by atoms with van der Waals surface area (Å²) in [6.07, 6.45) is 7.06. The van der Waals surface area contributed by atoms with Gasteiger partial charge in [-0.15, -0.1) is 0 Å². The van der Waals surface area contributed by atoms with E-state index in [1.807, 2.05) is 12.3 Å². The number of ether oxygens (including phenoxy) is 1. The van der Waals surface area contributed by atoms with Gasteiger partial charge in [-0.05, 0) is 81.4 Å². The van der Waals surface area contributed by atoms with E-state index in [1.165, 1.54) is 16.7 Å². The maximum atomic E-state index is 13.4. The molecule has 0 spiro atoms. The van der Waals surface area contributed by atoms with Crippen LogP contribution in [0.4, 0.5) is 0 Å². The van der Waals surface area contributed by atoms with Gasteiger partial charge in [0, 0.05) is 36.2 Å². The Labute approximate surface area is 207 Å². The fourth-order valence-electron chi connectivity index (χ4n) is 5.05. The number of hydrogen-bond acceptors (Lipinski definition) is 6. The first kappa shape index (κ1) is 23.1. The Morgan fingerprint density at radius 2 is 1.88 bits per heavy atom. The quantitative estimate of drug-likeness (QED) is 0.382. The summed E-state index contributed by atoms with van der Waals surface area (Å²) in [6, 6.07) is 11.9. The molecule has 1 aromatic carbocycles. The molecule has 1 amide bonds. The second-order valence-corrected chi connectivity index (χ2v) is 9.88. The zero-order valence-electron chi connectivity index (χ0n) is 19.1. The average molecular weight is 523 g/mol. The number of nitrogens with zero attached hydrogens (tertiary/aromatic N) is 4. The predicted octanol–water partition coefficient (Wildman–Crippen LogP) is 3.84. The molecule has 3 heterocycles. The average Bonchev–Trinajstić information content (AvgIpc) is 3.01. The molecule has 2 aliphatic rings. The molecular weight excluding hydrogens is 496 g/mol. The standard InChI is InChI=1S/C26H27BrN4O3/c1-34-22-4-5-23-19(16-22)2-3-20-15-21(27)17-29-25(20)26(23)30-10-12-31(33,13-11-30)24(32)14-18-6-8-28-9-7-18/h4-9,15-17,26H,2-3,10-14H2,1H3. The highest BCUT2D eigenvalue weighted by Crippen LogP contribution is 2.38. The van der Waals surface area contributed by atoms with Crippen molar-refractivity contribution in [2.75, 3.05) is 33.3 Å². The number of fused-ring (bicyclic) bond motifs is 2. The Morgan fingerprint density at radius 3 is 2.62 bits per heavy atom. The third-order valence-electron chi connectivity index (χ3n) is 6.96. The van der Waals surface area contributed by atoms with Gasteiger partial charge in [0.1, 0.15) is 5.75 Å². The number of piperazine rings is 1. The van der Waals surface area contributed by atoms with E-state index in [2.05, 4.69) is 44.0 Å². The van der Waals surface area contributed by atoms with E-state index in [4.69, 9.17) is 9.72 Å². The fraction of sp³-hybridized carbons (Fsp3) is 0.346. The predicted molar refractivity (Wildman–Crippen MR) is 132 cm³/mol. The van der Waals surface area contributed by atoms with Crippen LogP contribution in [0.3, 0.4) is 0 Å². The van der Waals surface area contributed by atoms with Crippen molar-refractivity contribution in [3.05, 3.63) is 92.6 Å². The molecule has 3 aromatic rings. The maximum absolute atomic E-state index is 13.4. The van der Waals surface area contributed by atoms with Gasteiger partial charge in [0.15, 0.2) is 0 Å². The number of carbonyl (C=O) groups excluding carboxylic acids is 1. The number of hydroxylamine groups is 3. The Bertz CT molecular complexity index is 1200. The minimum absolute atomic E-state index is 0.0597. The van der Waals surface area contributed by atoms with Crippen LogP contribution in [0, 0.1) is 5.21 Å². The van der Waals surface area contributed by atoms with Crippen LogP contribution < -0.4 is 4.74 Å². The Hall–Kier alpha value is -2.65. The molecule has 2 aromatic heterocycles. The van der Waals surface area contributed by atoms with Crippen molar-refractivity contribution in [1.29, 1.82) is 0 Å². The monoisotopic (exact) mass is 522 g/mol. The fourth-order valence-corrected chi connectivity index (χ4v) is 5.43. The van der Waals surface area contributed by atoms with E-state index in [9.17, 15) is 10.0 Å². The molecule has 1 unspecified atom stereocenters. The number of carbonyl (C=O) groups is 1. The van der Waals surface area contributed by atoms with Crippen molar-refractivity contribution in [3.63, 3.8) is 0 Å². The van der Waals surface area contributed by atoms with Crippen LogP contribution in [0.15, 0.2) is 59.5 Å². The van der Waals surface area contributed by atoms with Crippen LogP contribution in [-0.2, 0) is 24.1 Å². The van der Waals surface area contributed by atoms with Gasteiger partial charge in [-0.1, -0.05) is 6.07 Å². The van der Waals surface area contributed by atoms with Gasteiger partial charge in [-0.3, -0.25) is 19.5 Å². The summed E-state index contributed by atoms with van der Waals surface area (Å²) >= 11 is 3.57. The minimum Gasteiger partial charge on any atom is -0.625 e. The molecule has 1 fully saturated rings. The molecule has 1 aliphatic heterocycles. The Balaban J connectivity index is 1.42. The Morgan fingerprint density at radius 1 is 1.15 bits per heavy atom. The van der Waals surface area contributed by atoms with Crippen LogP contribution in [0.25, 0.3) is 0 Å². The zero-order chi connectivity index (χ0) is 23.7. The SMILES string of the molecule is COc1ccc2c(c1)CCc1cc(Br)cnc1C2N1CC[N+]([O-])(C(=O)Cc2ccncc2)CC1. The highest BCUT2D eigenvalue weighted by molar-refractivity contribution is 9.10. The first-order valence-electron chi connectivity index (χ1n) is 11.5. The van der Waals surface area contributed by atoms with Crippen molar-refractivity contribution < 1.29 is 14.2 Å². The second kappa shape index (κ2) is 9.54. The van der Waals surface area contributed by atoms with Crippen molar-refractivity contribution in [1.82, 2.24) is 14.9 Å². The smallest absolute Gasteiger partial charge is 0.318 e. The van der Waals surface area contributed by atoms with Gasteiger partial charge >= 0.3 is 5.91 Å². The number of quaternary nitrogens is 1. The first-order chi connectivity index (χ1) is 16.5. The lowest BCUT2D eigenvalue weighted by atomic mass is 9.95. The number of aromatic nitrogens is 2. The summed E-state index contributed by atoms with van der Waals surface area (Å²) in [5.74, 6) is 0.549. The van der Waals surface area contributed by atoms with Crippen molar-refractivity contribution in [2.45, 2.75) is 25.3 Å². The number of aryl methyl sites for hydroxylation is 2. The molecule has 0 bridgehead atoms. The number of methoxy groups -OCH3 is 1. The molecule has 5 rings (SSSR count). The third-order valence-corrected chi connectivity index (χ3v) is 7.39. The molecule has 0 saturated carbocycles. The van der Waals surface area contributed by atoms with E-state index in [0.717, 1.165) is 34.3 Å². The van der Waals surface area contributed by atoms with Crippen molar-refractivity contribution >= 4 is 21.8 Å². The second-order valence-electron chi connectivity index (χ2n) is 8.96. The molecule has 34 heavy (non-hydrogen) atoms. The normalized spacial score (nSPS) is 19.6. The van der Waals surface area contributed by atoms with Crippen molar-refractivity contribution in [3.8, 4) is 5.75 Å². The third kappa shape index (κ3) is 4.51. The largest absolute Gasteiger partial charge is 0.625 e. The Kier molecular flexibility index (Phi) is 6.48. The van der Waals surface area contributed by atoms with E-state index in [-0.39, 0.29) is 31.5 Å². The van der Waals surface area contributed by atoms with Gasteiger partial charge in [-0.25, -0.2) is 4.79 Å². The minimum atomic E-state index is -0.790. The lowest BCUT2D eigenvalue weighted by molar-refractivity contribution is -0.810. The van der Waals surface area contributed by atoms with Gasteiger partial charge in [-0.2, -0.15) is 0 Å². The van der Waals surface area contributed by atoms with Crippen LogP contribution in [0.5, 0.6) is 5.75 Å². The lowest BCUT2D eigenvalue weighted by Gasteiger charge is -2.47. The molecule has 8 heteroatoms. The molecule has 0 radical (unpaired) electrons. The molecule has 176 valence electrons. The number of halogens is 1. The summed E-state index contributed by atoms with van der Waals surface area (Å²) in [7, 11) is 1.68. The van der Waals surface area contributed by atoms with E-state index < -0.39 is 4.65 Å². The van der Waals surface area contributed by atoms with Gasteiger partial charge in [0.05, 0.1) is 38.4 Å². The van der Waals surface area contributed by atoms with Gasteiger partial charge in [0.2, 0.25) is 0 Å². The highest BCUT2D eigenvalue weighted by atomic mass is 79.9. The summed E-state index contributed by atoms with van der Waals surface area (Å²) < 4.78 is 5.65. The highest BCUT2D eigenvalue weighted by Gasteiger charge is 2.38. The number of rotatable bonds is 4. The molecule has 1 atom stereocenters. The number of benzene rings is 1. The summed E-state index contributed by atoms with van der Waals surface area (Å²) in [6.45, 7) is 1.52. The summed E-state index contributed by atoms with van der Waals surface area (Å²) in [5.41, 5.74) is 5.49. The van der Waals surface area contributed by atoms with Crippen LogP contribution >= 0.6 is 15.9 Å². The molecule has 1 aliphatic carbocycles. The summed E-state index contributed by atoms with van der Waals surface area (Å²) in [5, 5.41) is 13.4. The lowest BCUT2D eigenvalue weighted by Crippen LogP contribution is -2.60. The van der Waals surface area contributed by atoms with E-state index in [1.54, 1.807) is 31.6 Å². The zero-order valence-corrected chi connectivity index (χ0v) is 20.7. The van der Waals surface area contributed by atoms with Crippen LogP contribution in [-0.4, -0.2) is 58.7 Å². The topological polar surface area (TPSA) is 78.4 Å². The molecule has 1 saturated heterocycles. The van der Waals surface area contributed by atoms with Gasteiger partial charge in [0.25, 0.3) is 0 Å². The molecule has 7 nitrogen and oxygen atoms in total. The first-order valence-corrected chi connectivity index (χ1v) is 12.3. The number of hydrogen-bond donors (Lipinski definition) is 0. The van der Waals surface area contributed by atoms with Crippen molar-refractivity contribution in [2.24, 2.45) is 0 Å². The number of amides is 1. The van der Waals surface area contributed by atoms with E-state index >= 15 is 0 Å². The summed E-state index contributed by atoms with van der Waals surface area (Å²) in [4.78, 5) is 24.0. The van der Waals surface area contributed by atoms with Gasteiger partial charge < -0.3 is 9.94 Å². The molecule has 0 N–H and O–H groups in total. The van der Waals surface area contributed by atoms with E-state index in [0.29, 0.717) is 13.1 Å².